The summed E-state index contributed by atoms with van der Waals surface area (Å²) in [5, 5.41) is 22.9. The van der Waals surface area contributed by atoms with E-state index < -0.39 is 24.3 Å². The number of rotatable bonds is 7. The summed E-state index contributed by atoms with van der Waals surface area (Å²) in [5.74, 6) is -0.0835. The van der Waals surface area contributed by atoms with E-state index in [1.54, 1.807) is 7.11 Å². The lowest BCUT2D eigenvalue weighted by Gasteiger charge is -2.34. The lowest BCUT2D eigenvalue weighted by molar-refractivity contribution is -0.00740. The average Bonchev–Trinajstić information content (AvgIpc) is 2.71. The molecule has 0 radical (unpaired) electrons. The molecule has 0 aliphatic carbocycles. The molecule has 0 bridgehead atoms. The summed E-state index contributed by atoms with van der Waals surface area (Å²) in [7, 11) is 2.90. The SMILES string of the molecule is COC(=N)c1c(N)cc(NC(=O)N[C@@H](c2ccccc2)C(C)(C)OC)nc1CO. The van der Waals surface area contributed by atoms with Gasteiger partial charge in [0.25, 0.3) is 0 Å². The van der Waals surface area contributed by atoms with E-state index in [-0.39, 0.29) is 28.7 Å². The van der Waals surface area contributed by atoms with Gasteiger partial charge in [0.15, 0.2) is 0 Å². The Balaban J connectivity index is 2.26. The molecular formula is C20H27N5O4. The van der Waals surface area contributed by atoms with Crippen LogP contribution in [0.5, 0.6) is 0 Å². The maximum atomic E-state index is 12.7. The van der Waals surface area contributed by atoms with Gasteiger partial charge in [-0.15, -0.1) is 0 Å². The summed E-state index contributed by atoms with van der Waals surface area (Å²) >= 11 is 0. The van der Waals surface area contributed by atoms with Crippen LogP contribution in [0.15, 0.2) is 36.4 Å². The summed E-state index contributed by atoms with van der Waals surface area (Å²) in [6.45, 7) is 3.28. The highest BCUT2D eigenvalue weighted by atomic mass is 16.5. The van der Waals surface area contributed by atoms with Gasteiger partial charge >= 0.3 is 6.03 Å². The van der Waals surface area contributed by atoms with Gasteiger partial charge in [0.1, 0.15) is 5.82 Å². The third kappa shape index (κ3) is 5.21. The Labute approximate surface area is 169 Å². The van der Waals surface area contributed by atoms with E-state index in [0.717, 1.165) is 5.56 Å². The minimum absolute atomic E-state index is 0.129. The van der Waals surface area contributed by atoms with E-state index in [9.17, 15) is 9.90 Å². The molecule has 0 aliphatic rings. The first-order chi connectivity index (χ1) is 13.7. The third-order valence-corrected chi connectivity index (χ3v) is 4.58. The quantitative estimate of drug-likeness (QED) is 0.356. The zero-order valence-corrected chi connectivity index (χ0v) is 16.9. The molecular weight excluding hydrogens is 374 g/mol. The number of carbonyl (C=O) groups excluding carboxylic acids is 1. The van der Waals surface area contributed by atoms with Crippen molar-refractivity contribution in [2.24, 2.45) is 0 Å². The van der Waals surface area contributed by atoms with Crippen LogP contribution in [0.2, 0.25) is 0 Å². The first-order valence-corrected chi connectivity index (χ1v) is 8.94. The summed E-state index contributed by atoms with van der Waals surface area (Å²) in [6.07, 6.45) is 0. The molecule has 0 saturated heterocycles. The second-order valence-corrected chi connectivity index (χ2v) is 6.86. The fourth-order valence-electron chi connectivity index (χ4n) is 2.87. The number of anilines is 2. The van der Waals surface area contributed by atoms with Crippen LogP contribution in [-0.4, -0.2) is 41.8 Å². The number of pyridine rings is 1. The summed E-state index contributed by atoms with van der Waals surface area (Å²) in [4.78, 5) is 16.8. The van der Waals surface area contributed by atoms with Crippen LogP contribution in [0.3, 0.4) is 0 Å². The van der Waals surface area contributed by atoms with Gasteiger partial charge in [-0.05, 0) is 19.4 Å². The fraction of sp³-hybridized carbons (Fsp3) is 0.350. The van der Waals surface area contributed by atoms with Crippen LogP contribution >= 0.6 is 0 Å². The van der Waals surface area contributed by atoms with E-state index in [4.69, 9.17) is 20.6 Å². The van der Waals surface area contributed by atoms with E-state index in [0.29, 0.717) is 0 Å². The van der Waals surface area contributed by atoms with Crippen molar-refractivity contribution < 1.29 is 19.4 Å². The first kappa shape index (κ1) is 22.1. The summed E-state index contributed by atoms with van der Waals surface area (Å²) in [5.41, 5.74) is 6.63. The van der Waals surface area contributed by atoms with Gasteiger partial charge in [-0.25, -0.2) is 9.78 Å². The lowest BCUT2D eigenvalue weighted by Crippen LogP contribution is -2.45. The number of aliphatic hydroxyl groups excluding tert-OH is 1. The molecule has 29 heavy (non-hydrogen) atoms. The summed E-state index contributed by atoms with van der Waals surface area (Å²) < 4.78 is 10.4. The minimum atomic E-state index is -0.682. The zero-order valence-electron chi connectivity index (χ0n) is 16.9. The topological polar surface area (TPSA) is 143 Å². The molecule has 9 nitrogen and oxygen atoms in total. The van der Waals surface area contributed by atoms with E-state index in [1.807, 2.05) is 44.2 Å². The van der Waals surface area contributed by atoms with Gasteiger partial charge < -0.3 is 25.6 Å². The number of nitrogens with zero attached hydrogens (tertiary/aromatic N) is 1. The highest BCUT2D eigenvalue weighted by Crippen LogP contribution is 2.28. The molecule has 2 aromatic rings. The molecule has 1 aromatic heterocycles. The standard InChI is InChI=1S/C20H27N5O4/c1-20(2,29-4)17(12-8-6-5-7-9-12)25-19(27)24-15-10-13(21)16(18(22)28-3)14(11-26)23-15/h5-10,17,22,26H,11H2,1-4H3,(H4,21,23,24,25,27)/t17-/m0/s1. The molecule has 0 fully saturated rings. The smallest absolute Gasteiger partial charge is 0.320 e. The number of carbonyl (C=O) groups is 1. The van der Waals surface area contributed by atoms with Crippen molar-refractivity contribution in [2.45, 2.75) is 32.1 Å². The Morgan fingerprint density at radius 3 is 2.52 bits per heavy atom. The maximum absolute atomic E-state index is 12.7. The first-order valence-electron chi connectivity index (χ1n) is 8.94. The van der Waals surface area contributed by atoms with Crippen molar-refractivity contribution in [3.8, 4) is 0 Å². The van der Waals surface area contributed by atoms with Crippen molar-refractivity contribution in [3.05, 3.63) is 53.2 Å². The van der Waals surface area contributed by atoms with Crippen molar-refractivity contribution in [3.63, 3.8) is 0 Å². The number of nitrogens with two attached hydrogens (primary N) is 1. The number of benzene rings is 1. The molecule has 9 heteroatoms. The van der Waals surface area contributed by atoms with Crippen molar-refractivity contribution in [2.75, 3.05) is 25.3 Å². The Morgan fingerprint density at radius 1 is 1.31 bits per heavy atom. The van der Waals surface area contributed by atoms with Crippen LogP contribution in [0.25, 0.3) is 0 Å². The second kappa shape index (κ2) is 9.35. The molecule has 1 heterocycles. The van der Waals surface area contributed by atoms with Crippen LogP contribution < -0.4 is 16.4 Å². The van der Waals surface area contributed by atoms with Gasteiger partial charge in [0.05, 0.1) is 36.6 Å². The Morgan fingerprint density at radius 2 is 1.97 bits per heavy atom. The highest BCUT2D eigenvalue weighted by molar-refractivity contribution is 5.99. The number of hydrogen-bond donors (Lipinski definition) is 5. The fourth-order valence-corrected chi connectivity index (χ4v) is 2.87. The van der Waals surface area contributed by atoms with Gasteiger partial charge in [-0.3, -0.25) is 10.7 Å². The molecule has 1 atom stereocenters. The van der Waals surface area contributed by atoms with Crippen molar-refractivity contribution >= 4 is 23.4 Å². The predicted molar refractivity (Wildman–Crippen MR) is 111 cm³/mol. The molecule has 6 N–H and O–H groups in total. The maximum Gasteiger partial charge on any atom is 0.320 e. The third-order valence-electron chi connectivity index (χ3n) is 4.58. The largest absolute Gasteiger partial charge is 0.481 e. The molecule has 1 aromatic carbocycles. The zero-order chi connectivity index (χ0) is 21.6. The predicted octanol–water partition coefficient (Wildman–Crippen LogP) is 2.42. The molecule has 0 saturated carbocycles. The number of amides is 2. The molecule has 0 unspecified atom stereocenters. The number of ether oxygens (including phenoxy) is 2. The van der Waals surface area contributed by atoms with Gasteiger partial charge in [-0.2, -0.15) is 0 Å². The number of hydrogen-bond acceptors (Lipinski definition) is 7. The molecule has 156 valence electrons. The molecule has 2 amide bonds. The number of aromatic nitrogens is 1. The Kier molecular flexibility index (Phi) is 7.13. The van der Waals surface area contributed by atoms with Crippen LogP contribution in [0.1, 0.15) is 36.7 Å². The van der Waals surface area contributed by atoms with Gasteiger partial charge in [0.2, 0.25) is 5.90 Å². The molecule has 2 rings (SSSR count). The Bertz CT molecular complexity index is 871. The normalized spacial score (nSPS) is 12.2. The lowest BCUT2D eigenvalue weighted by atomic mass is 9.91. The summed E-state index contributed by atoms with van der Waals surface area (Å²) in [6, 6.07) is 9.90. The number of aliphatic hydroxyl groups is 1. The highest BCUT2D eigenvalue weighted by Gasteiger charge is 2.32. The average molecular weight is 401 g/mol. The van der Waals surface area contributed by atoms with Gasteiger partial charge in [-0.1, -0.05) is 30.3 Å². The monoisotopic (exact) mass is 401 g/mol. The number of methoxy groups -OCH3 is 2. The van der Waals surface area contributed by atoms with Crippen molar-refractivity contribution in [1.82, 2.24) is 10.3 Å². The van der Waals surface area contributed by atoms with Crippen LogP contribution in [0, 0.1) is 5.41 Å². The molecule has 0 aliphatic heterocycles. The van der Waals surface area contributed by atoms with E-state index >= 15 is 0 Å². The van der Waals surface area contributed by atoms with Crippen molar-refractivity contribution in [1.29, 1.82) is 5.41 Å². The minimum Gasteiger partial charge on any atom is -0.481 e. The Hall–Kier alpha value is -3.17. The number of nitrogen functional groups attached to an aromatic ring is 1. The van der Waals surface area contributed by atoms with E-state index in [1.165, 1.54) is 13.2 Å². The molecule has 0 spiro atoms. The van der Waals surface area contributed by atoms with Crippen LogP contribution in [-0.2, 0) is 16.1 Å². The number of nitrogens with one attached hydrogen (secondary N) is 3. The van der Waals surface area contributed by atoms with Crippen LogP contribution in [0.4, 0.5) is 16.3 Å². The number of urea groups is 1. The second-order valence-electron chi connectivity index (χ2n) is 6.86. The van der Waals surface area contributed by atoms with E-state index in [2.05, 4.69) is 15.6 Å². The van der Waals surface area contributed by atoms with Gasteiger partial charge in [0, 0.05) is 18.9 Å².